The van der Waals surface area contributed by atoms with Crippen LogP contribution in [0.3, 0.4) is 0 Å². The first kappa shape index (κ1) is 22.2. The van der Waals surface area contributed by atoms with Crippen molar-refractivity contribution in [2.24, 2.45) is 0 Å². The summed E-state index contributed by atoms with van der Waals surface area (Å²) < 4.78 is 6.77. The third-order valence-corrected chi connectivity index (χ3v) is 5.33. The quantitative estimate of drug-likeness (QED) is 0.421. The highest BCUT2D eigenvalue weighted by atomic mass is 35.5. The number of aromatic nitrogens is 2. The molecule has 0 radical (unpaired) electrons. The van der Waals surface area contributed by atoms with Crippen LogP contribution in [0.2, 0.25) is 5.02 Å². The molecule has 0 fully saturated rings. The smallest absolute Gasteiger partial charge is 0.308 e. The van der Waals surface area contributed by atoms with Gasteiger partial charge >= 0.3 is 5.97 Å². The number of nitrogens with zero attached hydrogens (tertiary/aromatic N) is 2. The number of amides is 1. The van der Waals surface area contributed by atoms with Crippen LogP contribution in [0, 0.1) is 0 Å². The van der Waals surface area contributed by atoms with Crippen LogP contribution in [0.1, 0.15) is 34.1 Å². The van der Waals surface area contributed by atoms with Gasteiger partial charge in [-0.1, -0.05) is 60.1 Å². The van der Waals surface area contributed by atoms with Crippen molar-refractivity contribution < 1.29 is 14.3 Å². The second-order valence-electron chi connectivity index (χ2n) is 7.30. The van der Waals surface area contributed by atoms with Gasteiger partial charge in [-0.25, -0.2) is 4.98 Å². The van der Waals surface area contributed by atoms with E-state index in [2.05, 4.69) is 10.3 Å². The molecule has 0 saturated heterocycles. The summed E-state index contributed by atoms with van der Waals surface area (Å²) in [4.78, 5) is 42.0. The highest BCUT2D eigenvalue weighted by Gasteiger charge is 2.21. The topological polar surface area (TPSA) is 89.8 Å². The number of ether oxygens (including phenoxy) is 1. The minimum Gasteiger partial charge on any atom is -0.459 e. The van der Waals surface area contributed by atoms with E-state index in [1.807, 2.05) is 30.3 Å². The Morgan fingerprint density at radius 1 is 1.00 bits per heavy atom. The van der Waals surface area contributed by atoms with E-state index in [0.717, 1.165) is 5.56 Å². The third kappa shape index (κ3) is 5.45. The summed E-state index contributed by atoms with van der Waals surface area (Å²) in [6.45, 7) is -0.153. The number of carbonyl (C=O) groups excluding carboxylic acids is 2. The molecule has 0 aliphatic carbocycles. The lowest BCUT2D eigenvalue weighted by Gasteiger charge is -2.19. The molecule has 4 rings (SSSR count). The minimum absolute atomic E-state index is 0.104. The van der Waals surface area contributed by atoms with Gasteiger partial charge in [0.15, 0.2) is 0 Å². The van der Waals surface area contributed by atoms with Crippen molar-refractivity contribution in [3.63, 3.8) is 0 Å². The van der Waals surface area contributed by atoms with Crippen LogP contribution in [0.25, 0.3) is 5.65 Å². The van der Waals surface area contributed by atoms with E-state index in [4.69, 9.17) is 16.3 Å². The number of rotatable bonds is 7. The van der Waals surface area contributed by atoms with Crippen molar-refractivity contribution in [2.75, 3.05) is 0 Å². The van der Waals surface area contributed by atoms with Gasteiger partial charge in [0.2, 0.25) is 0 Å². The molecule has 2 aromatic heterocycles. The van der Waals surface area contributed by atoms with Gasteiger partial charge in [0.05, 0.1) is 28.7 Å². The maximum Gasteiger partial charge on any atom is 0.308 e. The summed E-state index contributed by atoms with van der Waals surface area (Å²) in [6.07, 6.45) is 1.51. The first-order valence-corrected chi connectivity index (χ1v) is 10.6. The summed E-state index contributed by atoms with van der Waals surface area (Å²) in [7, 11) is 0. The number of esters is 1. The van der Waals surface area contributed by atoms with Gasteiger partial charge < -0.3 is 10.1 Å². The van der Waals surface area contributed by atoms with Gasteiger partial charge in [-0.05, 0) is 29.8 Å². The van der Waals surface area contributed by atoms with E-state index in [9.17, 15) is 14.4 Å². The fourth-order valence-corrected chi connectivity index (χ4v) is 3.60. The van der Waals surface area contributed by atoms with E-state index < -0.39 is 17.9 Å². The van der Waals surface area contributed by atoms with Crippen LogP contribution in [-0.4, -0.2) is 21.3 Å². The molecule has 8 heteroatoms. The second-order valence-corrected chi connectivity index (χ2v) is 7.70. The normalized spacial score (nSPS) is 11.7. The molecule has 0 aliphatic heterocycles. The van der Waals surface area contributed by atoms with Crippen LogP contribution in [0.15, 0.2) is 89.9 Å². The van der Waals surface area contributed by atoms with Crippen LogP contribution in [0.5, 0.6) is 0 Å². The molecule has 1 unspecified atom stereocenters. The van der Waals surface area contributed by atoms with E-state index in [0.29, 0.717) is 21.9 Å². The highest BCUT2D eigenvalue weighted by molar-refractivity contribution is 6.33. The largest absolute Gasteiger partial charge is 0.459 e. The lowest BCUT2D eigenvalue weighted by molar-refractivity contribution is -0.145. The van der Waals surface area contributed by atoms with Crippen molar-refractivity contribution in [2.45, 2.75) is 19.1 Å². The van der Waals surface area contributed by atoms with Crippen molar-refractivity contribution in [1.82, 2.24) is 14.7 Å². The maximum absolute atomic E-state index is 12.8. The minimum atomic E-state index is -0.627. The molecule has 0 spiro atoms. The zero-order valence-electron chi connectivity index (χ0n) is 17.5. The number of nitrogens with one attached hydrogen (secondary N) is 1. The molecular weight excluding hydrogens is 442 g/mol. The molecule has 1 N–H and O–H groups in total. The molecule has 1 atom stereocenters. The van der Waals surface area contributed by atoms with Crippen LogP contribution < -0.4 is 10.9 Å². The predicted molar refractivity (Wildman–Crippen MR) is 124 cm³/mol. The first-order chi connectivity index (χ1) is 16.0. The summed E-state index contributed by atoms with van der Waals surface area (Å²) in [5, 5.41) is 3.18. The maximum atomic E-state index is 12.8. The predicted octanol–water partition coefficient (Wildman–Crippen LogP) is 3.95. The number of pyridine rings is 1. The van der Waals surface area contributed by atoms with Crippen molar-refractivity contribution in [1.29, 1.82) is 0 Å². The Kier molecular flexibility index (Phi) is 6.80. The van der Waals surface area contributed by atoms with Crippen LogP contribution in [-0.2, 0) is 16.1 Å². The fraction of sp³-hybridized carbons (Fsp3) is 0.120. The summed E-state index contributed by atoms with van der Waals surface area (Å²) >= 11 is 6.14. The highest BCUT2D eigenvalue weighted by Crippen LogP contribution is 2.21. The number of halogens is 1. The Balaban J connectivity index is 1.47. The summed E-state index contributed by atoms with van der Waals surface area (Å²) in [6, 6.07) is 21.7. The van der Waals surface area contributed by atoms with Crippen LogP contribution >= 0.6 is 11.6 Å². The van der Waals surface area contributed by atoms with Gasteiger partial charge in [0.25, 0.3) is 11.5 Å². The standard InChI is InChI=1S/C25H20ClN3O4/c26-20-11-5-4-10-19(20)25(32)28-21(17-8-2-1-3-9-17)15-24(31)33-16-18-14-23(30)29-13-7-6-12-22(29)27-18/h1-14,21H,15-16H2,(H,28,32). The van der Waals surface area contributed by atoms with E-state index >= 15 is 0 Å². The SMILES string of the molecule is O=C(CC(NC(=O)c1ccccc1Cl)c1ccccc1)OCc1cc(=O)n2ccccc2n1. The number of benzene rings is 2. The number of hydrogen-bond acceptors (Lipinski definition) is 5. The number of fused-ring (bicyclic) bond motifs is 1. The average Bonchev–Trinajstić information content (AvgIpc) is 2.83. The van der Waals surface area contributed by atoms with Crippen LogP contribution in [0.4, 0.5) is 0 Å². The van der Waals surface area contributed by atoms with Crippen molar-refractivity contribution in [3.8, 4) is 0 Å². The molecule has 0 bridgehead atoms. The molecule has 166 valence electrons. The van der Waals surface area contributed by atoms with E-state index in [1.54, 1.807) is 48.7 Å². The van der Waals surface area contributed by atoms with E-state index in [-0.39, 0.29) is 18.6 Å². The van der Waals surface area contributed by atoms with Gasteiger partial charge in [0, 0.05) is 12.3 Å². The number of hydrogen-bond donors (Lipinski definition) is 1. The van der Waals surface area contributed by atoms with Gasteiger partial charge in [-0.3, -0.25) is 18.8 Å². The molecular formula is C25H20ClN3O4. The van der Waals surface area contributed by atoms with Crippen molar-refractivity contribution >= 4 is 29.1 Å². The molecule has 33 heavy (non-hydrogen) atoms. The Morgan fingerprint density at radius 2 is 1.73 bits per heavy atom. The van der Waals surface area contributed by atoms with Crippen molar-refractivity contribution in [3.05, 3.63) is 117 Å². The molecule has 7 nitrogen and oxygen atoms in total. The average molecular weight is 462 g/mol. The third-order valence-electron chi connectivity index (χ3n) is 5.00. The zero-order chi connectivity index (χ0) is 23.2. The van der Waals surface area contributed by atoms with Gasteiger partial charge in [-0.2, -0.15) is 0 Å². The molecule has 4 aromatic rings. The lowest BCUT2D eigenvalue weighted by Crippen LogP contribution is -2.31. The molecule has 1 amide bonds. The molecule has 2 heterocycles. The molecule has 0 aliphatic rings. The summed E-state index contributed by atoms with van der Waals surface area (Å²) in [5.41, 5.74) is 1.60. The Hall–Kier alpha value is -3.97. The lowest BCUT2D eigenvalue weighted by atomic mass is 10.0. The first-order valence-electron chi connectivity index (χ1n) is 10.2. The Bertz CT molecular complexity index is 1350. The summed E-state index contributed by atoms with van der Waals surface area (Å²) in [5.74, 6) is -0.940. The zero-order valence-corrected chi connectivity index (χ0v) is 18.2. The Morgan fingerprint density at radius 3 is 2.52 bits per heavy atom. The Labute approximate surface area is 194 Å². The molecule has 2 aromatic carbocycles. The second kappa shape index (κ2) is 10.1. The van der Waals surface area contributed by atoms with Gasteiger partial charge in [0.1, 0.15) is 12.3 Å². The number of carbonyl (C=O) groups is 2. The monoisotopic (exact) mass is 461 g/mol. The fourth-order valence-electron chi connectivity index (χ4n) is 3.38. The van der Waals surface area contributed by atoms with E-state index in [1.165, 1.54) is 10.5 Å². The molecule has 0 saturated carbocycles. The van der Waals surface area contributed by atoms with Gasteiger partial charge in [-0.15, -0.1) is 0 Å².